The Labute approximate surface area is 164 Å². The lowest BCUT2D eigenvalue weighted by Crippen LogP contribution is -2.41. The Balaban J connectivity index is 2.27. The molecule has 3 nitrogen and oxygen atoms in total. The Morgan fingerprint density at radius 2 is 2.11 bits per heavy atom. The van der Waals surface area contributed by atoms with Crippen LogP contribution in [0.1, 0.15) is 49.0 Å². The Morgan fingerprint density at radius 3 is 2.74 bits per heavy atom. The molecular weight excluding hydrogens is 352 g/mol. The van der Waals surface area contributed by atoms with Gasteiger partial charge in [0.25, 0.3) is 0 Å². The smallest absolute Gasteiger partial charge is 0.337 e. The van der Waals surface area contributed by atoms with Crippen molar-refractivity contribution >= 4 is 19.2 Å². The van der Waals surface area contributed by atoms with Gasteiger partial charge in [-0.05, 0) is 74.2 Å². The SMILES string of the molecule is CCOC(=O)c1ccc(C#CC=CC2=C(C)CCCC2O)cc1[Si](C)(C)C. The van der Waals surface area contributed by atoms with Gasteiger partial charge >= 0.3 is 5.97 Å². The van der Waals surface area contributed by atoms with E-state index in [4.69, 9.17) is 4.74 Å². The van der Waals surface area contributed by atoms with Gasteiger partial charge in [-0.3, -0.25) is 0 Å². The topological polar surface area (TPSA) is 46.5 Å². The molecule has 1 aromatic rings. The van der Waals surface area contributed by atoms with Crippen LogP contribution in [0, 0.1) is 11.8 Å². The van der Waals surface area contributed by atoms with Crippen molar-refractivity contribution in [3.8, 4) is 11.8 Å². The Hall–Kier alpha value is -2.09. The fourth-order valence-corrected chi connectivity index (χ4v) is 4.87. The summed E-state index contributed by atoms with van der Waals surface area (Å²) in [6, 6.07) is 5.73. The third kappa shape index (κ3) is 5.69. The van der Waals surface area contributed by atoms with Crippen molar-refractivity contribution < 1.29 is 14.6 Å². The number of carbonyl (C=O) groups is 1. The predicted octanol–water partition coefficient (Wildman–Crippen LogP) is 4.18. The molecule has 0 radical (unpaired) electrons. The lowest BCUT2D eigenvalue weighted by atomic mass is 9.90. The van der Waals surface area contributed by atoms with Crippen molar-refractivity contribution in [2.75, 3.05) is 6.61 Å². The van der Waals surface area contributed by atoms with Crippen LogP contribution in [0.2, 0.25) is 19.6 Å². The van der Waals surface area contributed by atoms with Gasteiger partial charge in [0.05, 0.1) is 26.3 Å². The minimum atomic E-state index is -1.72. The van der Waals surface area contributed by atoms with Crippen molar-refractivity contribution in [1.29, 1.82) is 0 Å². The third-order valence-corrected chi connectivity index (χ3v) is 6.80. The van der Waals surface area contributed by atoms with E-state index in [1.807, 2.05) is 31.2 Å². The van der Waals surface area contributed by atoms with Crippen LogP contribution < -0.4 is 5.19 Å². The lowest BCUT2D eigenvalue weighted by molar-refractivity contribution is 0.0528. The van der Waals surface area contributed by atoms with Crippen LogP contribution in [-0.4, -0.2) is 31.9 Å². The average Bonchev–Trinajstić information content (AvgIpc) is 2.60. The molecule has 2 rings (SSSR count). The maximum atomic E-state index is 12.2. The lowest BCUT2D eigenvalue weighted by Gasteiger charge is -2.20. The molecule has 1 N–H and O–H groups in total. The van der Waals surface area contributed by atoms with Gasteiger partial charge in [0.2, 0.25) is 0 Å². The molecule has 0 saturated carbocycles. The first kappa shape index (κ1) is 21.2. The summed E-state index contributed by atoms with van der Waals surface area (Å²) in [6.07, 6.45) is 6.26. The van der Waals surface area contributed by atoms with Gasteiger partial charge in [-0.25, -0.2) is 4.79 Å². The predicted molar refractivity (Wildman–Crippen MR) is 114 cm³/mol. The van der Waals surface area contributed by atoms with E-state index in [9.17, 15) is 9.90 Å². The number of hydrogen-bond donors (Lipinski definition) is 1. The fourth-order valence-electron chi connectivity index (χ4n) is 3.28. The van der Waals surface area contributed by atoms with Gasteiger partial charge < -0.3 is 9.84 Å². The van der Waals surface area contributed by atoms with Crippen LogP contribution in [0.15, 0.2) is 41.5 Å². The van der Waals surface area contributed by atoms with Crippen LogP contribution in [0.5, 0.6) is 0 Å². The normalized spacial score (nSPS) is 17.6. The van der Waals surface area contributed by atoms with E-state index >= 15 is 0 Å². The molecule has 0 aromatic heterocycles. The van der Waals surface area contributed by atoms with Crippen molar-refractivity contribution in [1.82, 2.24) is 0 Å². The highest BCUT2D eigenvalue weighted by Crippen LogP contribution is 2.25. The van der Waals surface area contributed by atoms with E-state index in [-0.39, 0.29) is 12.1 Å². The molecule has 0 aliphatic heterocycles. The summed E-state index contributed by atoms with van der Waals surface area (Å²) in [6.45, 7) is 10.9. The zero-order valence-electron chi connectivity index (χ0n) is 17.1. The summed E-state index contributed by atoms with van der Waals surface area (Å²) >= 11 is 0. The Bertz CT molecular complexity index is 816. The minimum Gasteiger partial charge on any atom is -0.462 e. The average molecular weight is 383 g/mol. The number of allylic oxidation sites excluding steroid dienone is 2. The van der Waals surface area contributed by atoms with Gasteiger partial charge in [0.15, 0.2) is 0 Å². The standard InChI is InChI=1S/C23H30O3Si/c1-6-26-23(25)20-15-14-18(16-22(20)27(3,4)5)11-7-8-12-19-17(2)10-9-13-21(19)24/h8,12,14-16,21,24H,6,9-10,13H2,1-5H3. The first-order valence-electron chi connectivity index (χ1n) is 9.61. The van der Waals surface area contributed by atoms with Crippen LogP contribution >= 0.6 is 0 Å². The Kier molecular flexibility index (Phi) is 7.23. The summed E-state index contributed by atoms with van der Waals surface area (Å²) in [7, 11) is -1.72. The zero-order valence-corrected chi connectivity index (χ0v) is 18.1. The van der Waals surface area contributed by atoms with E-state index < -0.39 is 8.07 Å². The van der Waals surface area contributed by atoms with E-state index in [1.165, 1.54) is 5.57 Å². The molecule has 0 fully saturated rings. The second-order valence-corrected chi connectivity index (χ2v) is 13.0. The van der Waals surface area contributed by atoms with E-state index in [2.05, 4.69) is 38.4 Å². The molecule has 1 atom stereocenters. The molecule has 0 heterocycles. The van der Waals surface area contributed by atoms with E-state index in [0.29, 0.717) is 12.2 Å². The van der Waals surface area contributed by atoms with Crippen molar-refractivity contribution in [2.24, 2.45) is 0 Å². The fraction of sp³-hybridized carbons (Fsp3) is 0.435. The number of aliphatic hydroxyl groups excluding tert-OH is 1. The summed E-state index contributed by atoms with van der Waals surface area (Å²) in [5, 5.41) is 11.2. The number of aliphatic hydroxyl groups is 1. The first-order valence-corrected chi connectivity index (χ1v) is 13.1. The molecule has 1 aliphatic rings. The largest absolute Gasteiger partial charge is 0.462 e. The quantitative estimate of drug-likeness (QED) is 0.483. The molecule has 0 saturated heterocycles. The molecule has 0 bridgehead atoms. The van der Waals surface area contributed by atoms with Crippen LogP contribution in [-0.2, 0) is 4.74 Å². The van der Waals surface area contributed by atoms with Crippen LogP contribution in [0.25, 0.3) is 0 Å². The number of benzene rings is 1. The maximum Gasteiger partial charge on any atom is 0.337 e. The third-order valence-electron chi connectivity index (χ3n) is 4.77. The van der Waals surface area contributed by atoms with E-state index in [1.54, 1.807) is 6.08 Å². The Morgan fingerprint density at radius 1 is 1.37 bits per heavy atom. The van der Waals surface area contributed by atoms with Crippen LogP contribution in [0.4, 0.5) is 0 Å². The number of carbonyl (C=O) groups excluding carboxylic acids is 1. The highest BCUT2D eigenvalue weighted by Gasteiger charge is 2.24. The summed E-state index contributed by atoms with van der Waals surface area (Å²) in [5.74, 6) is 5.96. The minimum absolute atomic E-state index is 0.261. The van der Waals surface area contributed by atoms with Gasteiger partial charge in [-0.15, -0.1) is 0 Å². The molecule has 1 aliphatic carbocycles. The van der Waals surface area contributed by atoms with Gasteiger partial charge in [-0.2, -0.15) is 0 Å². The zero-order chi connectivity index (χ0) is 20.0. The van der Waals surface area contributed by atoms with Gasteiger partial charge in [0.1, 0.15) is 0 Å². The summed E-state index contributed by atoms with van der Waals surface area (Å²) in [5.41, 5.74) is 3.78. The monoisotopic (exact) mass is 382 g/mol. The van der Waals surface area contributed by atoms with Gasteiger partial charge in [-0.1, -0.05) is 37.1 Å². The number of hydrogen-bond acceptors (Lipinski definition) is 3. The number of ether oxygens (including phenoxy) is 1. The number of esters is 1. The van der Waals surface area contributed by atoms with Gasteiger partial charge in [0, 0.05) is 5.56 Å². The molecule has 0 amide bonds. The highest BCUT2D eigenvalue weighted by atomic mass is 28.3. The molecule has 1 unspecified atom stereocenters. The molecule has 0 spiro atoms. The highest BCUT2D eigenvalue weighted by molar-refractivity contribution is 6.89. The second-order valence-electron chi connectivity index (χ2n) is 7.98. The van der Waals surface area contributed by atoms with E-state index in [0.717, 1.165) is 35.6 Å². The first-order chi connectivity index (χ1) is 12.7. The van der Waals surface area contributed by atoms with Crippen LogP contribution in [0.3, 0.4) is 0 Å². The summed E-state index contributed by atoms with van der Waals surface area (Å²) < 4.78 is 5.20. The van der Waals surface area contributed by atoms with Crippen molar-refractivity contribution in [2.45, 2.75) is 58.9 Å². The molecule has 4 heteroatoms. The molecule has 1 aromatic carbocycles. The van der Waals surface area contributed by atoms with Crippen molar-refractivity contribution in [3.63, 3.8) is 0 Å². The second kappa shape index (κ2) is 9.21. The molecule has 144 valence electrons. The summed E-state index contributed by atoms with van der Waals surface area (Å²) in [4.78, 5) is 12.2. The maximum absolute atomic E-state index is 12.2. The van der Waals surface area contributed by atoms with Crippen molar-refractivity contribution in [3.05, 3.63) is 52.6 Å². The molecular formula is C23H30O3Si. The molecule has 27 heavy (non-hydrogen) atoms. The number of rotatable bonds is 4.